The Kier molecular flexibility index (Phi) is 3.83. The number of carbonyl (C=O) groups excluding carboxylic acids is 1. The molecule has 1 amide bonds. The van der Waals surface area contributed by atoms with E-state index in [0.29, 0.717) is 18.8 Å². The average Bonchev–Trinajstić information content (AvgIpc) is 2.55. The lowest BCUT2D eigenvalue weighted by Crippen LogP contribution is -2.49. The normalized spacial score (nSPS) is 18.5. The highest BCUT2D eigenvalue weighted by Crippen LogP contribution is 2.23. The lowest BCUT2D eigenvalue weighted by atomic mass is 10.0. The highest BCUT2D eigenvalue weighted by Gasteiger charge is 2.28. The number of piperazine rings is 1. The summed E-state index contributed by atoms with van der Waals surface area (Å²) in [7, 11) is 0. The van der Waals surface area contributed by atoms with Gasteiger partial charge in [0, 0.05) is 25.7 Å². The molecule has 21 heavy (non-hydrogen) atoms. The van der Waals surface area contributed by atoms with Gasteiger partial charge in [-0.05, 0) is 11.6 Å². The first-order valence-electron chi connectivity index (χ1n) is 7.02. The van der Waals surface area contributed by atoms with Crippen molar-refractivity contribution in [2.45, 2.75) is 6.04 Å². The molecule has 1 atom stereocenters. The van der Waals surface area contributed by atoms with E-state index in [1.807, 2.05) is 35.2 Å². The number of aromatic nitrogens is 1. The zero-order chi connectivity index (χ0) is 14.7. The number of pyridine rings is 1. The minimum Gasteiger partial charge on any atom is -0.328 e. The van der Waals surface area contributed by atoms with E-state index in [9.17, 15) is 9.59 Å². The summed E-state index contributed by atoms with van der Waals surface area (Å²) in [6.45, 7) is 2.09. The third-order valence-electron chi connectivity index (χ3n) is 3.69. The molecule has 1 aliphatic rings. The average molecular weight is 283 g/mol. The molecule has 0 bridgehead atoms. The molecule has 2 heterocycles. The van der Waals surface area contributed by atoms with Gasteiger partial charge in [0.25, 0.3) is 5.91 Å². The number of amides is 1. The molecule has 1 aromatic carbocycles. The summed E-state index contributed by atoms with van der Waals surface area (Å²) in [6.07, 6.45) is 0. The number of carbonyl (C=O) groups is 1. The molecule has 0 spiro atoms. The maximum Gasteiger partial charge on any atom is 0.270 e. The van der Waals surface area contributed by atoms with Crippen molar-refractivity contribution in [2.75, 3.05) is 19.6 Å². The van der Waals surface area contributed by atoms with Crippen molar-refractivity contribution >= 4 is 5.91 Å². The second-order valence-corrected chi connectivity index (χ2v) is 5.06. The number of hydrogen-bond acceptors (Lipinski definition) is 3. The fraction of sp³-hybridized carbons (Fsp3) is 0.250. The number of aromatic amines is 1. The number of nitrogens with one attached hydrogen (secondary N) is 2. The molecule has 0 aliphatic carbocycles. The van der Waals surface area contributed by atoms with Gasteiger partial charge in [-0.25, -0.2) is 0 Å². The molecule has 1 saturated heterocycles. The molecule has 5 nitrogen and oxygen atoms in total. The van der Waals surface area contributed by atoms with Gasteiger partial charge in [0.1, 0.15) is 5.69 Å². The van der Waals surface area contributed by atoms with Crippen molar-refractivity contribution in [1.82, 2.24) is 15.2 Å². The smallest absolute Gasteiger partial charge is 0.270 e. The van der Waals surface area contributed by atoms with Gasteiger partial charge in [0.2, 0.25) is 5.56 Å². The van der Waals surface area contributed by atoms with E-state index < -0.39 is 0 Å². The standard InChI is InChI=1S/C16H17N3O2/c20-15-8-4-7-13(18-15)16(21)19-10-9-17-11-14(19)12-5-2-1-3-6-12/h1-8,14,17H,9-11H2,(H,18,20)/t14-/m0/s1. The molecular formula is C16H17N3O2. The highest BCUT2D eigenvalue weighted by molar-refractivity contribution is 5.92. The SMILES string of the molecule is O=C(c1cccc(=O)[nH]1)N1CCNC[C@H]1c1ccccc1. The molecule has 3 rings (SSSR count). The van der Waals surface area contributed by atoms with Crippen LogP contribution in [-0.2, 0) is 0 Å². The Hall–Kier alpha value is -2.40. The first-order chi connectivity index (χ1) is 10.3. The largest absolute Gasteiger partial charge is 0.328 e. The van der Waals surface area contributed by atoms with Crippen LogP contribution in [0.3, 0.4) is 0 Å². The second-order valence-electron chi connectivity index (χ2n) is 5.06. The zero-order valence-corrected chi connectivity index (χ0v) is 11.6. The van der Waals surface area contributed by atoms with Crippen molar-refractivity contribution in [2.24, 2.45) is 0 Å². The molecule has 0 radical (unpaired) electrons. The van der Waals surface area contributed by atoms with E-state index >= 15 is 0 Å². The van der Waals surface area contributed by atoms with Crippen LogP contribution in [0.1, 0.15) is 22.1 Å². The van der Waals surface area contributed by atoms with E-state index in [-0.39, 0.29) is 17.5 Å². The Bertz CT molecular complexity index is 681. The molecule has 1 aliphatic heterocycles. The van der Waals surface area contributed by atoms with Crippen LogP contribution in [0.25, 0.3) is 0 Å². The number of hydrogen-bond donors (Lipinski definition) is 2. The Morgan fingerprint density at radius 3 is 2.67 bits per heavy atom. The van der Waals surface area contributed by atoms with Gasteiger partial charge in [0.15, 0.2) is 0 Å². The Morgan fingerprint density at radius 1 is 1.10 bits per heavy atom. The molecule has 1 aromatic heterocycles. The fourth-order valence-electron chi connectivity index (χ4n) is 2.65. The maximum atomic E-state index is 12.7. The first-order valence-corrected chi connectivity index (χ1v) is 7.02. The maximum absolute atomic E-state index is 12.7. The molecule has 0 saturated carbocycles. The Labute approximate surface area is 122 Å². The summed E-state index contributed by atoms with van der Waals surface area (Å²) in [4.78, 5) is 28.5. The molecular weight excluding hydrogens is 266 g/mol. The van der Waals surface area contributed by atoms with Gasteiger partial charge in [-0.2, -0.15) is 0 Å². The molecule has 108 valence electrons. The predicted molar refractivity (Wildman–Crippen MR) is 80.2 cm³/mol. The lowest BCUT2D eigenvalue weighted by molar-refractivity contribution is 0.0628. The highest BCUT2D eigenvalue weighted by atomic mass is 16.2. The van der Waals surface area contributed by atoms with Crippen molar-refractivity contribution in [3.63, 3.8) is 0 Å². The summed E-state index contributed by atoms with van der Waals surface area (Å²) in [5.41, 5.74) is 1.17. The van der Waals surface area contributed by atoms with Gasteiger partial charge >= 0.3 is 0 Å². The van der Waals surface area contributed by atoms with Crippen LogP contribution in [-0.4, -0.2) is 35.4 Å². The van der Waals surface area contributed by atoms with E-state index in [2.05, 4.69) is 10.3 Å². The molecule has 2 N–H and O–H groups in total. The zero-order valence-electron chi connectivity index (χ0n) is 11.6. The van der Waals surface area contributed by atoms with Crippen LogP contribution in [0.15, 0.2) is 53.3 Å². The van der Waals surface area contributed by atoms with Crippen LogP contribution in [0.2, 0.25) is 0 Å². The van der Waals surface area contributed by atoms with Crippen LogP contribution in [0.5, 0.6) is 0 Å². The Morgan fingerprint density at radius 2 is 1.90 bits per heavy atom. The van der Waals surface area contributed by atoms with Gasteiger partial charge in [-0.15, -0.1) is 0 Å². The van der Waals surface area contributed by atoms with Crippen molar-refractivity contribution in [3.05, 3.63) is 70.1 Å². The number of benzene rings is 1. The molecule has 2 aromatic rings. The summed E-state index contributed by atoms with van der Waals surface area (Å²) in [5, 5.41) is 3.32. The number of H-pyrrole nitrogens is 1. The van der Waals surface area contributed by atoms with Gasteiger partial charge in [0.05, 0.1) is 6.04 Å². The number of nitrogens with zero attached hydrogens (tertiary/aromatic N) is 1. The van der Waals surface area contributed by atoms with Crippen LogP contribution in [0.4, 0.5) is 0 Å². The summed E-state index contributed by atoms with van der Waals surface area (Å²) in [5.74, 6) is -0.136. The Balaban J connectivity index is 1.91. The quantitative estimate of drug-likeness (QED) is 0.869. The van der Waals surface area contributed by atoms with Crippen LogP contribution in [0, 0.1) is 0 Å². The molecule has 5 heteroatoms. The third-order valence-corrected chi connectivity index (χ3v) is 3.69. The number of rotatable bonds is 2. The van der Waals surface area contributed by atoms with E-state index in [0.717, 1.165) is 12.1 Å². The van der Waals surface area contributed by atoms with Gasteiger partial charge in [-0.1, -0.05) is 36.4 Å². The lowest BCUT2D eigenvalue weighted by Gasteiger charge is -2.36. The van der Waals surface area contributed by atoms with Crippen molar-refractivity contribution in [1.29, 1.82) is 0 Å². The van der Waals surface area contributed by atoms with Crippen LogP contribution < -0.4 is 10.9 Å². The summed E-state index contributed by atoms with van der Waals surface area (Å²) >= 11 is 0. The molecule has 1 fully saturated rings. The van der Waals surface area contributed by atoms with Crippen LogP contribution >= 0.6 is 0 Å². The monoisotopic (exact) mass is 283 g/mol. The van der Waals surface area contributed by atoms with Crippen molar-refractivity contribution in [3.8, 4) is 0 Å². The first kappa shape index (κ1) is 13.6. The topological polar surface area (TPSA) is 65.2 Å². The third kappa shape index (κ3) is 2.87. The van der Waals surface area contributed by atoms with E-state index in [4.69, 9.17) is 0 Å². The fourth-order valence-corrected chi connectivity index (χ4v) is 2.65. The summed E-state index contributed by atoms with van der Waals surface area (Å²) < 4.78 is 0. The van der Waals surface area contributed by atoms with E-state index in [1.165, 1.54) is 6.07 Å². The van der Waals surface area contributed by atoms with Gasteiger partial charge in [-0.3, -0.25) is 9.59 Å². The van der Waals surface area contributed by atoms with Crippen molar-refractivity contribution < 1.29 is 4.79 Å². The second kappa shape index (κ2) is 5.93. The minimum atomic E-state index is -0.257. The summed E-state index contributed by atoms with van der Waals surface area (Å²) in [6, 6.07) is 14.6. The van der Waals surface area contributed by atoms with E-state index in [1.54, 1.807) is 12.1 Å². The minimum absolute atomic E-state index is 0.0174. The predicted octanol–water partition coefficient (Wildman–Crippen LogP) is 1.16. The molecule has 0 unspecified atom stereocenters. The van der Waals surface area contributed by atoms with Gasteiger partial charge < -0.3 is 15.2 Å².